The van der Waals surface area contributed by atoms with Crippen LogP contribution in [0.25, 0.3) is 5.76 Å². The molecule has 1 fully saturated rings. The minimum absolute atomic E-state index is 0.0688. The molecule has 0 spiro atoms. The average molecular weight is 369 g/mol. The Bertz CT molecular complexity index is 882. The third-order valence-corrected chi connectivity index (χ3v) is 4.69. The fraction of sp³-hybridized carbons (Fsp3) is 0.368. The van der Waals surface area contributed by atoms with Gasteiger partial charge in [-0.25, -0.2) is 0 Å². The summed E-state index contributed by atoms with van der Waals surface area (Å²) in [5.74, 6) is -1.52. The summed E-state index contributed by atoms with van der Waals surface area (Å²) >= 11 is 0. The van der Waals surface area contributed by atoms with Crippen LogP contribution in [0.3, 0.4) is 0 Å². The summed E-state index contributed by atoms with van der Waals surface area (Å²) in [6, 6.07) is 2.86. The Morgan fingerprint density at radius 1 is 1.33 bits per heavy atom. The van der Waals surface area contributed by atoms with Crippen LogP contribution in [-0.2, 0) is 9.59 Å². The van der Waals surface area contributed by atoms with Crippen LogP contribution in [0.2, 0.25) is 0 Å². The van der Waals surface area contributed by atoms with Crippen molar-refractivity contribution in [3.63, 3.8) is 0 Å². The Kier molecular flexibility index (Phi) is 5.09. The highest BCUT2D eigenvalue weighted by Gasteiger charge is 2.46. The van der Waals surface area contributed by atoms with E-state index in [1.165, 1.54) is 4.90 Å². The second kappa shape index (κ2) is 7.32. The minimum Gasteiger partial charge on any atom is -0.507 e. The molecule has 3 heterocycles. The molecule has 0 aliphatic carbocycles. The van der Waals surface area contributed by atoms with Gasteiger partial charge in [0.1, 0.15) is 5.76 Å². The van der Waals surface area contributed by atoms with E-state index in [4.69, 9.17) is 0 Å². The Hall–Kier alpha value is -3.00. The van der Waals surface area contributed by atoms with Gasteiger partial charge in [-0.05, 0) is 39.6 Å². The first-order valence-electron chi connectivity index (χ1n) is 8.68. The van der Waals surface area contributed by atoms with Gasteiger partial charge in [0.05, 0.1) is 22.9 Å². The molecule has 2 aromatic rings. The molecule has 0 bridgehead atoms. The lowest BCUT2D eigenvalue weighted by molar-refractivity contribution is -0.140. The van der Waals surface area contributed by atoms with Crippen LogP contribution in [-0.4, -0.2) is 69.0 Å². The number of aromatic nitrogens is 3. The van der Waals surface area contributed by atoms with Gasteiger partial charge in [-0.3, -0.25) is 19.7 Å². The van der Waals surface area contributed by atoms with E-state index in [0.717, 1.165) is 0 Å². The lowest BCUT2D eigenvalue weighted by Crippen LogP contribution is -2.35. The number of Topliss-reactive ketones (excluding diaryl/α,β-unsaturated/α-hetero) is 1. The quantitative estimate of drug-likeness (QED) is 0.469. The van der Waals surface area contributed by atoms with E-state index in [-0.39, 0.29) is 11.3 Å². The number of amides is 1. The van der Waals surface area contributed by atoms with Gasteiger partial charge >= 0.3 is 0 Å². The van der Waals surface area contributed by atoms with Crippen molar-refractivity contribution in [2.75, 3.05) is 27.2 Å². The van der Waals surface area contributed by atoms with Crippen LogP contribution in [0.1, 0.15) is 28.6 Å². The van der Waals surface area contributed by atoms with Gasteiger partial charge in [0, 0.05) is 31.2 Å². The van der Waals surface area contributed by atoms with Gasteiger partial charge in [-0.1, -0.05) is 6.07 Å². The largest absolute Gasteiger partial charge is 0.507 e. The molecule has 8 nitrogen and oxygen atoms in total. The summed E-state index contributed by atoms with van der Waals surface area (Å²) in [5, 5.41) is 17.9. The van der Waals surface area contributed by atoms with Crippen molar-refractivity contribution in [3.05, 3.63) is 52.6 Å². The van der Waals surface area contributed by atoms with E-state index in [0.29, 0.717) is 35.6 Å². The number of hydrogen-bond donors (Lipinski definition) is 2. The summed E-state index contributed by atoms with van der Waals surface area (Å²) in [6.07, 6.45) is 3.24. The maximum Gasteiger partial charge on any atom is 0.295 e. The van der Waals surface area contributed by atoms with Crippen molar-refractivity contribution in [2.24, 2.45) is 0 Å². The number of likely N-dealkylation sites (tertiary alicyclic amines) is 1. The van der Waals surface area contributed by atoms with Crippen LogP contribution < -0.4 is 0 Å². The van der Waals surface area contributed by atoms with Gasteiger partial charge in [0.25, 0.3) is 11.7 Å². The third-order valence-electron chi connectivity index (χ3n) is 4.69. The van der Waals surface area contributed by atoms with Gasteiger partial charge in [0.2, 0.25) is 0 Å². The van der Waals surface area contributed by atoms with E-state index in [2.05, 4.69) is 15.2 Å². The number of aliphatic hydroxyl groups is 1. The molecule has 0 radical (unpaired) electrons. The molecule has 1 saturated heterocycles. The number of carbonyl (C=O) groups is 2. The molecule has 27 heavy (non-hydrogen) atoms. The summed E-state index contributed by atoms with van der Waals surface area (Å²) in [7, 11) is 3.79. The summed E-state index contributed by atoms with van der Waals surface area (Å²) in [6.45, 7) is 4.45. The first-order chi connectivity index (χ1) is 12.8. The van der Waals surface area contributed by atoms with Crippen molar-refractivity contribution in [1.29, 1.82) is 0 Å². The number of hydrogen-bond acceptors (Lipinski definition) is 6. The second-order valence-corrected chi connectivity index (χ2v) is 6.89. The molecular formula is C19H23N5O3. The van der Waals surface area contributed by atoms with Gasteiger partial charge in [-0.2, -0.15) is 5.10 Å². The van der Waals surface area contributed by atoms with Crippen molar-refractivity contribution in [3.8, 4) is 0 Å². The van der Waals surface area contributed by atoms with E-state index < -0.39 is 17.7 Å². The first-order valence-corrected chi connectivity index (χ1v) is 8.68. The number of H-pyrrole nitrogens is 1. The lowest BCUT2D eigenvalue weighted by Gasteiger charge is -2.26. The number of pyridine rings is 1. The fourth-order valence-electron chi connectivity index (χ4n) is 3.34. The zero-order valence-electron chi connectivity index (χ0n) is 15.9. The highest BCUT2D eigenvalue weighted by molar-refractivity contribution is 6.46. The molecule has 2 N–H and O–H groups in total. The molecule has 1 aliphatic heterocycles. The Morgan fingerprint density at radius 3 is 2.63 bits per heavy atom. The van der Waals surface area contributed by atoms with E-state index in [1.807, 2.05) is 19.0 Å². The molecule has 0 aromatic carbocycles. The third kappa shape index (κ3) is 3.35. The maximum absolute atomic E-state index is 12.8. The summed E-state index contributed by atoms with van der Waals surface area (Å²) in [5.41, 5.74) is 2.40. The molecule has 1 aliphatic rings. The van der Waals surface area contributed by atoms with E-state index in [9.17, 15) is 14.7 Å². The van der Waals surface area contributed by atoms with Crippen LogP contribution >= 0.6 is 0 Å². The minimum atomic E-state index is -0.694. The zero-order chi connectivity index (χ0) is 19.7. The van der Waals surface area contributed by atoms with Gasteiger partial charge in [0.15, 0.2) is 0 Å². The molecule has 142 valence electrons. The molecular weight excluding hydrogens is 346 g/mol. The average Bonchev–Trinajstić information content (AvgIpc) is 3.10. The molecule has 8 heteroatoms. The fourth-order valence-corrected chi connectivity index (χ4v) is 3.34. The van der Waals surface area contributed by atoms with Crippen molar-refractivity contribution in [2.45, 2.75) is 19.9 Å². The maximum atomic E-state index is 12.8. The number of aliphatic hydroxyl groups excluding tert-OH is 1. The lowest BCUT2D eigenvalue weighted by atomic mass is 9.95. The molecule has 1 unspecified atom stereocenters. The smallest absolute Gasteiger partial charge is 0.295 e. The van der Waals surface area contributed by atoms with Crippen molar-refractivity contribution < 1.29 is 14.7 Å². The summed E-state index contributed by atoms with van der Waals surface area (Å²) < 4.78 is 0. The van der Waals surface area contributed by atoms with Crippen LogP contribution in [0.15, 0.2) is 30.1 Å². The van der Waals surface area contributed by atoms with E-state index in [1.54, 1.807) is 38.4 Å². The molecule has 3 rings (SSSR count). The van der Waals surface area contributed by atoms with Crippen molar-refractivity contribution >= 4 is 17.4 Å². The normalized spacial score (nSPS) is 19.3. The zero-order valence-corrected chi connectivity index (χ0v) is 15.9. The molecule has 1 amide bonds. The summed E-state index contributed by atoms with van der Waals surface area (Å²) in [4.78, 5) is 33.1. The van der Waals surface area contributed by atoms with Crippen LogP contribution in [0, 0.1) is 13.8 Å². The Labute approximate surface area is 157 Å². The molecule has 2 aromatic heterocycles. The highest BCUT2D eigenvalue weighted by atomic mass is 16.3. The highest BCUT2D eigenvalue weighted by Crippen LogP contribution is 2.39. The predicted octanol–water partition coefficient (Wildman–Crippen LogP) is 1.40. The predicted molar refractivity (Wildman–Crippen MR) is 99.9 cm³/mol. The van der Waals surface area contributed by atoms with Crippen LogP contribution in [0.5, 0.6) is 0 Å². The first kappa shape index (κ1) is 18.8. The Morgan fingerprint density at radius 2 is 2.07 bits per heavy atom. The number of carbonyl (C=O) groups excluding carboxylic acids is 2. The Balaban J connectivity index is 2.17. The number of likely N-dealkylation sites (N-methyl/N-ethyl adjacent to an activating group) is 1. The number of aryl methyl sites for hydroxylation is 2. The second-order valence-electron chi connectivity index (χ2n) is 6.89. The standard InChI is InChI=1S/C19H23N5O3/c1-11-14(12(2)22-21-11)17(25)15-16(13-6-5-7-20-10-13)24(9-8-23(3)4)19(27)18(15)26/h5-7,10,16,25H,8-9H2,1-4H3,(H,21,22). The monoisotopic (exact) mass is 369 g/mol. The molecule has 1 atom stereocenters. The van der Waals surface area contributed by atoms with Crippen LogP contribution in [0.4, 0.5) is 0 Å². The van der Waals surface area contributed by atoms with Crippen molar-refractivity contribution in [1.82, 2.24) is 25.0 Å². The topological polar surface area (TPSA) is 102 Å². The SMILES string of the molecule is Cc1n[nH]c(C)c1C(O)=C1C(=O)C(=O)N(CCN(C)C)C1c1cccnc1. The number of rotatable bonds is 5. The number of aromatic amines is 1. The number of ketones is 1. The molecule has 0 saturated carbocycles. The van der Waals surface area contributed by atoms with Gasteiger partial charge < -0.3 is 14.9 Å². The van der Waals surface area contributed by atoms with Gasteiger partial charge in [-0.15, -0.1) is 0 Å². The number of nitrogens with zero attached hydrogens (tertiary/aromatic N) is 4. The number of nitrogens with one attached hydrogen (secondary N) is 1. The van der Waals surface area contributed by atoms with E-state index >= 15 is 0 Å².